The molecule has 14 aromatic carbocycles. The van der Waals surface area contributed by atoms with E-state index in [-0.39, 0.29) is 48.7 Å². The van der Waals surface area contributed by atoms with E-state index in [0.29, 0.717) is 34.9 Å². The Bertz CT molecular complexity index is 7590. The van der Waals surface area contributed by atoms with Crippen LogP contribution in [0.5, 0.6) is 0 Å². The molecular formula is C127H130N12. The van der Waals surface area contributed by atoms with Gasteiger partial charge in [0.05, 0.1) is 101 Å². The summed E-state index contributed by atoms with van der Waals surface area (Å²) in [5.41, 5.74) is 35.7. The monoisotopic (exact) mass is 1820 g/mol. The number of hydrogen-bond acceptors (Lipinski definition) is 9. The minimum absolute atomic E-state index is 0.0928. The number of para-hydroxylation sites is 6. The molecule has 0 saturated heterocycles. The highest BCUT2D eigenvalue weighted by molar-refractivity contribution is 6.15. The van der Waals surface area contributed by atoms with Gasteiger partial charge < -0.3 is 28.4 Å². The number of benzene rings is 14. The van der Waals surface area contributed by atoms with Gasteiger partial charge in [0.2, 0.25) is 0 Å². The Morgan fingerprint density at radius 3 is 0.604 bits per heavy atom. The molecule has 698 valence electrons. The Labute approximate surface area is 821 Å². The maximum absolute atomic E-state index is 5.28. The molecule has 0 bridgehead atoms. The van der Waals surface area contributed by atoms with Gasteiger partial charge in [-0.25, -0.2) is 29.9 Å². The summed E-state index contributed by atoms with van der Waals surface area (Å²) in [5.74, 6) is 4.04. The number of aromatic nitrogens is 9. The van der Waals surface area contributed by atoms with Crippen LogP contribution in [-0.2, 0) is 48.7 Å². The molecule has 0 amide bonds. The molecule has 0 saturated carbocycles. The van der Waals surface area contributed by atoms with Crippen LogP contribution >= 0.6 is 0 Å². The lowest BCUT2D eigenvalue weighted by Crippen LogP contribution is -2.36. The van der Waals surface area contributed by atoms with Crippen LogP contribution in [0.4, 0.5) is 51.2 Å². The molecule has 12 heteroatoms. The fraction of sp³-hybridized carbons (Fsp3) is 0.291. The van der Waals surface area contributed by atoms with Gasteiger partial charge in [0.25, 0.3) is 0 Å². The Balaban J connectivity index is 0.000000184. The van der Waals surface area contributed by atoms with Gasteiger partial charge in [-0.15, -0.1) is 0 Å². The molecule has 0 radical (unpaired) electrons. The molecule has 5 aromatic heterocycles. The van der Waals surface area contributed by atoms with E-state index < -0.39 is 0 Å². The maximum atomic E-state index is 5.28. The third-order valence-electron chi connectivity index (χ3n) is 30.2. The van der Waals surface area contributed by atoms with Gasteiger partial charge in [0.1, 0.15) is 23.3 Å². The molecular weight excluding hydrogens is 1690 g/mol. The second-order valence-corrected chi connectivity index (χ2v) is 47.1. The number of fused-ring (bicyclic) bond motifs is 15. The van der Waals surface area contributed by atoms with Crippen molar-refractivity contribution in [2.24, 2.45) is 0 Å². The van der Waals surface area contributed by atoms with Crippen LogP contribution in [-0.4, -0.2) is 43.6 Å². The first-order valence-electron chi connectivity index (χ1n) is 49.7. The zero-order valence-corrected chi connectivity index (χ0v) is 86.4. The van der Waals surface area contributed by atoms with Crippen molar-refractivity contribution in [3.05, 3.63) is 369 Å². The normalized spacial score (nSPS) is 14.6. The molecule has 0 spiro atoms. The molecule has 0 atom stereocenters. The van der Waals surface area contributed by atoms with Gasteiger partial charge in [0, 0.05) is 59.7 Å². The summed E-state index contributed by atoms with van der Waals surface area (Å²) in [6.45, 7) is 64.7. The average Bonchev–Trinajstić information content (AvgIpc) is 1.68. The van der Waals surface area contributed by atoms with E-state index in [1.807, 2.05) is 27.7 Å². The molecule has 22 rings (SSSR count). The van der Waals surface area contributed by atoms with Crippen molar-refractivity contribution >= 4 is 117 Å². The number of aryl methyl sites for hydroxylation is 4. The van der Waals surface area contributed by atoms with Crippen LogP contribution in [0.2, 0.25) is 0 Å². The zero-order valence-electron chi connectivity index (χ0n) is 86.4. The van der Waals surface area contributed by atoms with E-state index in [2.05, 4.69) is 479 Å². The Hall–Kier alpha value is -14.1. The summed E-state index contributed by atoms with van der Waals surface area (Å²) >= 11 is 0. The van der Waals surface area contributed by atoms with Gasteiger partial charge in [-0.2, -0.15) is 0 Å². The second-order valence-electron chi connectivity index (χ2n) is 47.1. The van der Waals surface area contributed by atoms with Gasteiger partial charge >= 0.3 is 0 Å². The lowest BCUT2D eigenvalue weighted by molar-refractivity contribution is 0.572. The molecule has 0 fully saturated rings. The number of anilines is 9. The molecule has 0 aliphatic carbocycles. The van der Waals surface area contributed by atoms with Crippen molar-refractivity contribution in [3.8, 4) is 39.8 Å². The van der Waals surface area contributed by atoms with Gasteiger partial charge in [-0.3, -0.25) is 0 Å². The maximum Gasteiger partial charge on any atom is 0.163 e. The average molecular weight is 1820 g/mol. The minimum atomic E-state index is -0.383. The Morgan fingerprint density at radius 2 is 0.388 bits per heavy atom. The van der Waals surface area contributed by atoms with Crippen molar-refractivity contribution in [2.45, 2.75) is 243 Å². The quantitative estimate of drug-likeness (QED) is 0.147. The van der Waals surface area contributed by atoms with Crippen LogP contribution < -0.4 is 14.7 Å². The standard InChI is InChI=1S/C80H98N6.C47H32N6/c1-47-81-48(2)83-71(82-47)49-39-68(84-62-33-27-50(72(3,4)5)41-56(62)78(21,22)57-42-51(73(6,7)8)28-34-63(57)84)70(86-66-37-31-54(76(15,16)17)45-60(66)80(25,26)61-46-55(77(18,19)20)32-38-67(61)86)69(40-49)85-64-35-29-52(74(9,10)11)43-58(64)79(23,24)59-44-53(75(12,13)14)30-36-65(59)85;1-29-48-30(2)50-47(49-29)31-27-44(51-38-21-9-3-15-32(38)33-16-4-10-22-39(33)51)46(53-42-25-13-7-19-36(42)37-20-8-14-26-43(37)53)45(28-31)52-40-23-11-5-17-34(40)35-18-6-12-24-41(35)52/h27-46H,1-26H3;3-28H,1-2H3. The second kappa shape index (κ2) is 32.0. The third-order valence-corrected chi connectivity index (χ3v) is 30.2. The van der Waals surface area contributed by atoms with Crippen molar-refractivity contribution in [2.75, 3.05) is 14.7 Å². The number of rotatable bonds is 8. The van der Waals surface area contributed by atoms with Crippen molar-refractivity contribution in [1.82, 2.24) is 43.6 Å². The largest absolute Gasteiger partial charge is 0.308 e. The highest BCUT2D eigenvalue weighted by Crippen LogP contribution is 2.65. The predicted molar refractivity (Wildman–Crippen MR) is 585 cm³/mol. The van der Waals surface area contributed by atoms with Crippen LogP contribution in [0.3, 0.4) is 0 Å². The van der Waals surface area contributed by atoms with Gasteiger partial charge in [-0.05, 0) is 224 Å². The van der Waals surface area contributed by atoms with E-state index in [0.717, 1.165) is 112 Å². The minimum Gasteiger partial charge on any atom is -0.308 e. The van der Waals surface area contributed by atoms with Crippen molar-refractivity contribution < 1.29 is 0 Å². The van der Waals surface area contributed by atoms with Crippen molar-refractivity contribution in [1.29, 1.82) is 0 Å². The predicted octanol–water partition coefficient (Wildman–Crippen LogP) is 33.7. The molecule has 8 heterocycles. The van der Waals surface area contributed by atoms with E-state index in [1.165, 1.54) is 99.1 Å². The fourth-order valence-electron chi connectivity index (χ4n) is 22.4. The molecule has 19 aromatic rings. The summed E-state index contributed by atoms with van der Waals surface area (Å²) in [6.07, 6.45) is 0. The summed E-state index contributed by atoms with van der Waals surface area (Å²) in [7, 11) is 0. The smallest absolute Gasteiger partial charge is 0.163 e. The number of nitrogens with zero attached hydrogens (tertiary/aromatic N) is 12. The summed E-state index contributed by atoms with van der Waals surface area (Å²) < 4.78 is 7.34. The van der Waals surface area contributed by atoms with E-state index >= 15 is 0 Å². The summed E-state index contributed by atoms with van der Waals surface area (Å²) in [4.78, 5) is 37.7. The highest BCUT2D eigenvalue weighted by atomic mass is 15.3. The first kappa shape index (κ1) is 91.3. The first-order valence-corrected chi connectivity index (χ1v) is 49.7. The molecule has 0 N–H and O–H groups in total. The van der Waals surface area contributed by atoms with Crippen molar-refractivity contribution in [3.63, 3.8) is 0 Å². The summed E-state index contributed by atoms with van der Waals surface area (Å²) in [6, 6.07) is 106. The SMILES string of the molecule is Cc1nc(C)nc(-c2cc(-n3c4ccccc4c4ccccc43)c(-n3c4ccccc4c4ccccc43)c(-n3c4ccccc4c4ccccc43)c2)n1.Cc1nc(C)nc(-c2cc(N3c4ccc(C(C)(C)C)cc4C(C)(C)c4cc(C(C)(C)C)ccc43)c(N3c4ccc(C(C)(C)C)cc4C(C)(C)c4cc(C(C)(C)C)ccc43)c(N3c4ccc(C(C)(C)C)cc4C(C)(C)c4cc(C(C)(C)C)ccc43)c2)n1. The number of hydrogen-bond donors (Lipinski definition) is 0. The molecule has 12 nitrogen and oxygen atoms in total. The lowest BCUT2D eigenvalue weighted by atomic mass is 9.69. The Morgan fingerprint density at radius 1 is 0.194 bits per heavy atom. The Kier molecular flexibility index (Phi) is 21.0. The molecule has 0 unspecified atom stereocenters. The fourth-order valence-corrected chi connectivity index (χ4v) is 22.4. The molecule has 3 aliphatic heterocycles. The summed E-state index contributed by atoms with van der Waals surface area (Å²) in [5, 5.41) is 7.22. The van der Waals surface area contributed by atoms with E-state index in [1.54, 1.807) is 0 Å². The highest BCUT2D eigenvalue weighted by Gasteiger charge is 2.48. The van der Waals surface area contributed by atoms with Crippen LogP contribution in [0.15, 0.2) is 279 Å². The van der Waals surface area contributed by atoms with Crippen LogP contribution in [0.25, 0.3) is 105 Å². The van der Waals surface area contributed by atoms with Gasteiger partial charge in [-0.1, -0.05) is 348 Å². The van der Waals surface area contributed by atoms with E-state index in [4.69, 9.17) is 24.9 Å². The van der Waals surface area contributed by atoms with Crippen LogP contribution in [0.1, 0.15) is 256 Å². The zero-order chi connectivity index (χ0) is 98.1. The van der Waals surface area contributed by atoms with Gasteiger partial charge in [0.15, 0.2) is 11.6 Å². The topological polar surface area (TPSA) is 102 Å². The van der Waals surface area contributed by atoms with Crippen LogP contribution in [0, 0.1) is 27.7 Å². The third kappa shape index (κ3) is 15.0. The molecule has 3 aliphatic rings. The van der Waals surface area contributed by atoms with E-state index in [9.17, 15) is 0 Å². The molecule has 139 heavy (non-hydrogen) atoms. The lowest BCUT2D eigenvalue weighted by Gasteiger charge is -2.49. The first-order chi connectivity index (χ1) is 65.6.